The zero-order chi connectivity index (χ0) is 24.4. The van der Waals surface area contributed by atoms with Gasteiger partial charge in [-0.25, -0.2) is 13.9 Å². The van der Waals surface area contributed by atoms with Crippen molar-refractivity contribution in [2.45, 2.75) is 22.5 Å². The zero-order valence-electron chi connectivity index (χ0n) is 18.5. The second-order valence-electron chi connectivity index (χ2n) is 7.86. The molecule has 1 aliphatic heterocycles. The number of hydroxylamine groups is 1. The van der Waals surface area contributed by atoms with Gasteiger partial charge in [-0.1, -0.05) is 12.1 Å². The number of carbonyl (C=O) groups excluding carboxylic acids is 1. The Hall–Kier alpha value is -1.48. The van der Waals surface area contributed by atoms with Crippen molar-refractivity contribution in [2.75, 3.05) is 39.2 Å². The van der Waals surface area contributed by atoms with Crippen LogP contribution in [0.3, 0.4) is 0 Å². The monoisotopic (exact) mass is 533 g/mol. The van der Waals surface area contributed by atoms with Crippen LogP contribution in [0.1, 0.15) is 17.7 Å². The Morgan fingerprint density at radius 3 is 2.45 bits per heavy atom. The van der Waals surface area contributed by atoms with E-state index in [-0.39, 0.29) is 19.5 Å². The smallest absolute Gasteiger partial charge is 0.281 e. The Morgan fingerprint density at radius 2 is 1.88 bits per heavy atom. The minimum absolute atomic E-state index is 0.0753. The maximum Gasteiger partial charge on any atom is 0.281 e. The summed E-state index contributed by atoms with van der Waals surface area (Å²) in [6.07, 6.45) is 1.36. The summed E-state index contributed by atoms with van der Waals surface area (Å²) in [6.45, 7) is -0.284. The van der Waals surface area contributed by atoms with E-state index in [1.54, 1.807) is 23.9 Å². The predicted molar refractivity (Wildman–Crippen MR) is 130 cm³/mol. The van der Waals surface area contributed by atoms with Crippen LogP contribution in [0.25, 0.3) is 10.4 Å². The molecular weight excluding hydrogens is 507 g/mol. The van der Waals surface area contributed by atoms with Gasteiger partial charge >= 0.3 is 0 Å². The molecule has 9 nitrogen and oxygen atoms in total. The maximum absolute atomic E-state index is 13.6. The van der Waals surface area contributed by atoms with E-state index in [1.165, 1.54) is 30.9 Å². The van der Waals surface area contributed by atoms with Crippen molar-refractivity contribution in [1.82, 2.24) is 14.1 Å². The number of rotatable bonds is 7. The number of thiophene rings is 1. The number of thioether (sulfide) groups is 1. The lowest BCUT2D eigenvalue weighted by atomic mass is 9.97. The first-order valence-electron chi connectivity index (χ1n) is 10.0. The van der Waals surface area contributed by atoms with Crippen molar-refractivity contribution in [1.29, 1.82) is 0 Å². The molecule has 0 spiro atoms. The van der Waals surface area contributed by atoms with Crippen molar-refractivity contribution < 1.29 is 26.8 Å². The quantitative estimate of drug-likeness (QED) is 0.317. The van der Waals surface area contributed by atoms with Crippen molar-refractivity contribution in [3.8, 4) is 10.4 Å². The van der Waals surface area contributed by atoms with Gasteiger partial charge in [0.15, 0.2) is 9.84 Å². The van der Waals surface area contributed by atoms with E-state index in [4.69, 9.17) is 5.21 Å². The Kier molecular flexibility index (Phi) is 7.93. The lowest BCUT2D eigenvalue weighted by molar-refractivity contribution is -0.129. The predicted octanol–water partition coefficient (Wildman–Crippen LogP) is 2.15. The van der Waals surface area contributed by atoms with E-state index in [2.05, 4.69) is 0 Å². The van der Waals surface area contributed by atoms with Gasteiger partial charge in [-0.15, -0.1) is 23.1 Å². The van der Waals surface area contributed by atoms with Crippen LogP contribution in [0.2, 0.25) is 0 Å². The van der Waals surface area contributed by atoms with E-state index < -0.39 is 42.9 Å². The molecule has 13 heteroatoms. The first-order chi connectivity index (χ1) is 15.5. The van der Waals surface area contributed by atoms with Crippen LogP contribution in [0.5, 0.6) is 0 Å². The molecule has 0 aliphatic carbocycles. The molecule has 3 rings (SSSR count). The highest BCUT2D eigenvalue weighted by Gasteiger charge is 2.50. The standard InChI is InChI=1S/C20H27N3O6S4/c1-22(2)33(28,29)23-11-10-20(14-19(24)21-25,32(26,27)13-12-23)18-9-8-17(31-18)15-4-6-16(30-3)7-5-15/h4-9,25H,10-14H2,1-3H3,(H,21,24). The fourth-order valence-corrected chi connectivity index (χ4v) is 9.04. The summed E-state index contributed by atoms with van der Waals surface area (Å²) >= 11 is 2.87. The number of hydrogen-bond donors (Lipinski definition) is 2. The molecular formula is C20H27N3O6S4. The van der Waals surface area contributed by atoms with Crippen LogP contribution in [0.4, 0.5) is 0 Å². The van der Waals surface area contributed by atoms with E-state index in [9.17, 15) is 21.6 Å². The normalized spacial score (nSPS) is 21.6. The van der Waals surface area contributed by atoms with Gasteiger partial charge in [0.2, 0.25) is 5.91 Å². The first-order valence-corrected chi connectivity index (χ1v) is 15.1. The van der Waals surface area contributed by atoms with E-state index in [0.29, 0.717) is 4.88 Å². The maximum atomic E-state index is 13.6. The van der Waals surface area contributed by atoms with Gasteiger partial charge in [-0.2, -0.15) is 17.0 Å². The minimum atomic E-state index is -3.97. The molecule has 1 fully saturated rings. The number of nitrogens with zero attached hydrogens (tertiary/aromatic N) is 2. The van der Waals surface area contributed by atoms with Crippen molar-refractivity contribution >= 4 is 49.1 Å². The van der Waals surface area contributed by atoms with Crippen molar-refractivity contribution in [3.05, 3.63) is 41.3 Å². The fourth-order valence-electron chi connectivity index (χ4n) is 3.81. The van der Waals surface area contributed by atoms with Crippen LogP contribution in [-0.2, 0) is 29.6 Å². The zero-order valence-corrected chi connectivity index (χ0v) is 21.8. The molecule has 182 valence electrons. The van der Waals surface area contributed by atoms with Crippen LogP contribution in [0, 0.1) is 0 Å². The average Bonchev–Trinajstić information content (AvgIpc) is 3.23. The molecule has 0 saturated carbocycles. The fraction of sp³-hybridized carbons (Fsp3) is 0.450. The highest BCUT2D eigenvalue weighted by Crippen LogP contribution is 2.45. The van der Waals surface area contributed by atoms with Gasteiger partial charge in [0.25, 0.3) is 10.2 Å². The van der Waals surface area contributed by atoms with Crippen LogP contribution in [0.15, 0.2) is 41.3 Å². The van der Waals surface area contributed by atoms with E-state index >= 15 is 0 Å². The SMILES string of the molecule is CSc1ccc(-c2ccc(C3(CC(=O)NO)CCN(S(=O)(=O)N(C)C)CCS3(=O)=O)s2)cc1. The minimum Gasteiger partial charge on any atom is -0.289 e. The Balaban J connectivity index is 2.07. The summed E-state index contributed by atoms with van der Waals surface area (Å²) in [5.74, 6) is -1.28. The molecule has 1 aromatic heterocycles. The molecule has 1 atom stereocenters. The number of benzene rings is 1. The first kappa shape index (κ1) is 26.1. The van der Waals surface area contributed by atoms with Crippen LogP contribution < -0.4 is 5.48 Å². The second-order valence-corrected chi connectivity index (χ2v) is 14.4. The number of carbonyl (C=O) groups is 1. The molecule has 33 heavy (non-hydrogen) atoms. The summed E-state index contributed by atoms with van der Waals surface area (Å²) in [6, 6.07) is 11.3. The van der Waals surface area contributed by atoms with Gasteiger partial charge in [0.1, 0.15) is 4.75 Å². The molecule has 2 aromatic rings. The molecule has 1 amide bonds. The molecule has 1 aromatic carbocycles. The van der Waals surface area contributed by atoms with E-state index in [1.807, 2.05) is 30.5 Å². The average molecular weight is 534 g/mol. The van der Waals surface area contributed by atoms with Gasteiger partial charge in [0, 0.05) is 41.8 Å². The summed E-state index contributed by atoms with van der Waals surface area (Å²) in [5, 5.41) is 9.15. The molecule has 1 saturated heterocycles. The third-order valence-corrected chi connectivity index (χ3v) is 12.4. The molecule has 2 heterocycles. The largest absolute Gasteiger partial charge is 0.289 e. The van der Waals surface area contributed by atoms with Gasteiger partial charge in [0.05, 0.1) is 12.2 Å². The molecule has 0 bridgehead atoms. The Bertz CT molecular complexity index is 1210. The summed E-state index contributed by atoms with van der Waals surface area (Å²) in [7, 11) is -5.03. The highest BCUT2D eigenvalue weighted by molar-refractivity contribution is 7.98. The third kappa shape index (κ3) is 5.14. The highest BCUT2D eigenvalue weighted by atomic mass is 32.2. The molecule has 0 radical (unpaired) electrons. The van der Waals surface area contributed by atoms with Gasteiger partial charge in [-0.3, -0.25) is 10.0 Å². The number of amides is 1. The summed E-state index contributed by atoms with van der Waals surface area (Å²) < 4.78 is 52.9. The van der Waals surface area contributed by atoms with Crippen LogP contribution in [-0.4, -0.2) is 75.8 Å². The Morgan fingerprint density at radius 1 is 1.21 bits per heavy atom. The van der Waals surface area contributed by atoms with Gasteiger partial charge in [-0.05, 0) is 42.5 Å². The lowest BCUT2D eigenvalue weighted by Crippen LogP contribution is -2.42. The number of hydrogen-bond acceptors (Lipinski definition) is 8. The molecule has 2 N–H and O–H groups in total. The Labute approximate surface area is 202 Å². The van der Waals surface area contributed by atoms with Crippen molar-refractivity contribution in [2.24, 2.45) is 0 Å². The third-order valence-electron chi connectivity index (χ3n) is 5.76. The second kappa shape index (κ2) is 10.0. The molecule has 1 unspecified atom stereocenters. The van der Waals surface area contributed by atoms with Crippen LogP contribution >= 0.6 is 23.1 Å². The van der Waals surface area contributed by atoms with Gasteiger partial charge < -0.3 is 0 Å². The van der Waals surface area contributed by atoms with E-state index in [0.717, 1.165) is 23.9 Å². The lowest BCUT2D eigenvalue weighted by Gasteiger charge is -2.30. The summed E-state index contributed by atoms with van der Waals surface area (Å²) in [5.41, 5.74) is 2.45. The topological polar surface area (TPSA) is 124 Å². The molecule has 1 aliphatic rings. The number of sulfone groups is 1. The van der Waals surface area contributed by atoms with Crippen molar-refractivity contribution in [3.63, 3.8) is 0 Å². The number of nitrogens with one attached hydrogen (secondary N) is 1. The summed E-state index contributed by atoms with van der Waals surface area (Å²) in [4.78, 5) is 14.6.